The van der Waals surface area contributed by atoms with Crippen LogP contribution in [-0.4, -0.2) is 27.0 Å². The van der Waals surface area contributed by atoms with E-state index in [0.717, 1.165) is 22.6 Å². The smallest absolute Gasteiger partial charge is 0.141 e. The molecule has 0 radical (unpaired) electrons. The Balaban J connectivity index is 1.63. The van der Waals surface area contributed by atoms with Gasteiger partial charge in [-0.1, -0.05) is 0 Å². The molecule has 2 aliphatic heterocycles. The van der Waals surface area contributed by atoms with E-state index in [1.807, 2.05) is 17.8 Å². The molecule has 88 valence electrons. The van der Waals surface area contributed by atoms with E-state index in [1.54, 1.807) is 11.3 Å². The van der Waals surface area contributed by atoms with Crippen molar-refractivity contribution < 1.29 is 0 Å². The van der Waals surface area contributed by atoms with Crippen molar-refractivity contribution in [1.29, 1.82) is 0 Å². The van der Waals surface area contributed by atoms with Gasteiger partial charge in [0.25, 0.3) is 0 Å². The van der Waals surface area contributed by atoms with Crippen LogP contribution >= 0.6 is 11.3 Å². The molecule has 0 spiro atoms. The fraction of sp³-hybridized carbons (Fsp3) is 0.500. The monoisotopic (exact) mass is 246 g/mol. The van der Waals surface area contributed by atoms with Crippen molar-refractivity contribution in [2.24, 2.45) is 0 Å². The normalized spacial score (nSPS) is 31.2. The lowest BCUT2D eigenvalue weighted by molar-refractivity contribution is 0.490. The van der Waals surface area contributed by atoms with Crippen LogP contribution in [0.25, 0.3) is 10.7 Å². The van der Waals surface area contributed by atoms with Crippen molar-refractivity contribution in [3.63, 3.8) is 0 Å². The Morgan fingerprint density at radius 2 is 2.29 bits per heavy atom. The summed E-state index contributed by atoms with van der Waals surface area (Å²) in [5.74, 6) is 1.71. The van der Waals surface area contributed by atoms with Gasteiger partial charge >= 0.3 is 0 Å². The number of H-pyrrole nitrogens is 1. The third-order valence-electron chi connectivity index (χ3n) is 3.91. The molecule has 0 saturated carbocycles. The van der Waals surface area contributed by atoms with E-state index in [0.29, 0.717) is 12.0 Å². The van der Waals surface area contributed by atoms with Crippen LogP contribution in [0, 0.1) is 0 Å². The number of aromatic amines is 1. The molecule has 2 aromatic heterocycles. The fourth-order valence-electron chi connectivity index (χ4n) is 3.12. The maximum Gasteiger partial charge on any atom is 0.141 e. The van der Waals surface area contributed by atoms with Gasteiger partial charge in [-0.2, -0.15) is 0 Å². The van der Waals surface area contributed by atoms with Gasteiger partial charge in [-0.25, -0.2) is 9.97 Å². The summed E-state index contributed by atoms with van der Waals surface area (Å²) in [6, 6.07) is 1.36. The number of hydrogen-bond acceptors (Lipinski definition) is 4. The van der Waals surface area contributed by atoms with Crippen molar-refractivity contribution in [3.05, 3.63) is 23.6 Å². The first-order valence-corrected chi connectivity index (χ1v) is 6.99. The molecule has 4 nitrogen and oxygen atoms in total. The number of hydrogen-bond donors (Lipinski definition) is 2. The van der Waals surface area contributed by atoms with Gasteiger partial charge in [-0.15, -0.1) is 11.3 Å². The largest absolute Gasteiger partial charge is 0.340 e. The summed E-state index contributed by atoms with van der Waals surface area (Å²) in [5, 5.41) is 6.67. The Hall–Kier alpha value is -1.20. The second kappa shape index (κ2) is 3.65. The topological polar surface area (TPSA) is 53.6 Å². The molecule has 2 saturated heterocycles. The zero-order valence-electron chi connectivity index (χ0n) is 9.39. The number of imidazole rings is 1. The number of rotatable bonds is 2. The summed E-state index contributed by atoms with van der Waals surface area (Å²) < 4.78 is 0. The number of fused-ring (bicyclic) bond motifs is 2. The first-order chi connectivity index (χ1) is 8.40. The minimum Gasteiger partial charge on any atom is -0.340 e. The lowest BCUT2D eigenvalue weighted by Gasteiger charge is -2.17. The van der Waals surface area contributed by atoms with E-state index in [4.69, 9.17) is 0 Å². The Kier molecular flexibility index (Phi) is 2.10. The molecule has 2 N–H and O–H groups in total. The van der Waals surface area contributed by atoms with E-state index >= 15 is 0 Å². The molecule has 2 bridgehead atoms. The van der Waals surface area contributed by atoms with E-state index in [1.165, 1.54) is 19.3 Å². The van der Waals surface area contributed by atoms with Crippen molar-refractivity contribution >= 4 is 11.3 Å². The van der Waals surface area contributed by atoms with E-state index in [-0.39, 0.29) is 0 Å². The Morgan fingerprint density at radius 1 is 1.29 bits per heavy atom. The lowest BCUT2D eigenvalue weighted by atomic mass is 9.89. The minimum atomic E-state index is 0.572. The first-order valence-electron chi connectivity index (χ1n) is 6.11. The SMILES string of the molecule is c1csc(-c2cnc(C3CC4CCC3N4)[nH]2)n1. The zero-order chi connectivity index (χ0) is 11.2. The number of aromatic nitrogens is 3. The highest BCUT2D eigenvalue weighted by molar-refractivity contribution is 7.13. The molecular formula is C12H14N4S. The molecule has 4 heterocycles. The average molecular weight is 246 g/mol. The number of nitrogens with one attached hydrogen (secondary N) is 2. The molecule has 5 heteroatoms. The van der Waals surface area contributed by atoms with Crippen LogP contribution in [0.3, 0.4) is 0 Å². The highest BCUT2D eigenvalue weighted by Crippen LogP contribution is 2.39. The van der Waals surface area contributed by atoms with E-state index in [2.05, 4.69) is 20.3 Å². The van der Waals surface area contributed by atoms with Crippen molar-refractivity contribution in [3.8, 4) is 10.7 Å². The number of thiazole rings is 1. The van der Waals surface area contributed by atoms with Crippen LogP contribution < -0.4 is 5.32 Å². The highest BCUT2D eigenvalue weighted by atomic mass is 32.1. The second-order valence-electron chi connectivity index (χ2n) is 4.91. The minimum absolute atomic E-state index is 0.572. The maximum absolute atomic E-state index is 4.54. The van der Waals surface area contributed by atoms with Crippen LogP contribution in [0.2, 0.25) is 0 Å². The first kappa shape index (κ1) is 9.79. The van der Waals surface area contributed by atoms with Gasteiger partial charge in [0.05, 0.1) is 11.9 Å². The quantitative estimate of drug-likeness (QED) is 0.853. The average Bonchev–Trinajstić information content (AvgIpc) is 3.12. The third kappa shape index (κ3) is 1.53. The number of nitrogens with zero attached hydrogens (tertiary/aromatic N) is 2. The highest BCUT2D eigenvalue weighted by Gasteiger charge is 2.41. The molecule has 2 aromatic rings. The van der Waals surface area contributed by atoms with Gasteiger partial charge in [0.15, 0.2) is 0 Å². The fourth-order valence-corrected chi connectivity index (χ4v) is 3.72. The summed E-state index contributed by atoms with van der Waals surface area (Å²) in [6.45, 7) is 0. The Bertz CT molecular complexity index is 518. The zero-order valence-corrected chi connectivity index (χ0v) is 10.2. The molecule has 17 heavy (non-hydrogen) atoms. The molecule has 3 atom stereocenters. The summed E-state index contributed by atoms with van der Waals surface area (Å²) in [7, 11) is 0. The standard InChI is InChI=1S/C12H14N4S/c1-2-9-8(5-7(1)15-9)11-14-6-10(16-11)12-13-3-4-17-12/h3-4,6-9,15H,1-2,5H2,(H,14,16). The van der Waals surface area contributed by atoms with Gasteiger partial charge in [0.1, 0.15) is 10.8 Å². The van der Waals surface area contributed by atoms with Gasteiger partial charge in [0.2, 0.25) is 0 Å². The predicted octanol–water partition coefficient (Wildman–Crippen LogP) is 2.14. The van der Waals surface area contributed by atoms with Gasteiger partial charge < -0.3 is 10.3 Å². The second-order valence-corrected chi connectivity index (χ2v) is 5.80. The summed E-state index contributed by atoms with van der Waals surface area (Å²) >= 11 is 1.65. The van der Waals surface area contributed by atoms with Crippen LogP contribution in [0.15, 0.2) is 17.8 Å². The molecule has 0 aliphatic carbocycles. The Morgan fingerprint density at radius 3 is 3.00 bits per heavy atom. The molecule has 3 unspecified atom stereocenters. The molecule has 0 amide bonds. The van der Waals surface area contributed by atoms with Crippen LogP contribution in [0.1, 0.15) is 31.0 Å². The predicted molar refractivity (Wildman–Crippen MR) is 67.0 cm³/mol. The van der Waals surface area contributed by atoms with Crippen LogP contribution in [0.4, 0.5) is 0 Å². The van der Waals surface area contributed by atoms with E-state index < -0.39 is 0 Å². The molecule has 2 fully saturated rings. The van der Waals surface area contributed by atoms with Crippen LogP contribution in [-0.2, 0) is 0 Å². The lowest BCUT2D eigenvalue weighted by Crippen LogP contribution is -2.22. The molecule has 2 aliphatic rings. The third-order valence-corrected chi connectivity index (χ3v) is 4.72. The van der Waals surface area contributed by atoms with Crippen molar-refractivity contribution in [2.75, 3.05) is 0 Å². The van der Waals surface area contributed by atoms with Crippen LogP contribution in [0.5, 0.6) is 0 Å². The molecular weight excluding hydrogens is 232 g/mol. The van der Waals surface area contributed by atoms with E-state index in [9.17, 15) is 0 Å². The Labute approximate surface area is 104 Å². The molecule has 0 aromatic carbocycles. The summed E-state index contributed by atoms with van der Waals surface area (Å²) in [5.41, 5.74) is 1.05. The summed E-state index contributed by atoms with van der Waals surface area (Å²) in [4.78, 5) is 12.3. The molecule has 4 rings (SSSR count). The van der Waals surface area contributed by atoms with Crippen molar-refractivity contribution in [2.45, 2.75) is 37.3 Å². The van der Waals surface area contributed by atoms with Gasteiger partial charge in [-0.3, -0.25) is 0 Å². The van der Waals surface area contributed by atoms with Crippen molar-refractivity contribution in [1.82, 2.24) is 20.3 Å². The van der Waals surface area contributed by atoms with Gasteiger partial charge in [0, 0.05) is 29.6 Å². The maximum atomic E-state index is 4.54. The van der Waals surface area contributed by atoms with Gasteiger partial charge in [-0.05, 0) is 19.3 Å². The summed E-state index contributed by atoms with van der Waals surface area (Å²) in [6.07, 6.45) is 7.61.